The number of aliphatic hydroxyl groups excluding tert-OH is 1. The molecular weight excluding hydrogens is 240 g/mol. The first-order chi connectivity index (χ1) is 8.61. The molecule has 98 valence electrons. The highest BCUT2D eigenvalue weighted by Crippen LogP contribution is 2.18. The van der Waals surface area contributed by atoms with E-state index in [-0.39, 0.29) is 19.1 Å². The Labute approximate surface area is 104 Å². The van der Waals surface area contributed by atoms with Gasteiger partial charge in [0.15, 0.2) is 5.78 Å². The molecule has 0 spiro atoms. The Morgan fingerprint density at radius 2 is 2.06 bits per heavy atom. The van der Waals surface area contributed by atoms with Crippen LogP contribution in [0.3, 0.4) is 0 Å². The van der Waals surface area contributed by atoms with E-state index in [0.717, 1.165) is 18.6 Å². The van der Waals surface area contributed by atoms with Crippen molar-refractivity contribution in [1.82, 2.24) is 4.90 Å². The van der Waals surface area contributed by atoms with Gasteiger partial charge >= 0.3 is 0 Å². The summed E-state index contributed by atoms with van der Waals surface area (Å²) >= 11 is 0. The number of rotatable bonds is 4. The van der Waals surface area contributed by atoms with Crippen LogP contribution in [-0.2, 0) is 0 Å². The molecule has 2 rings (SSSR count). The lowest BCUT2D eigenvalue weighted by Crippen LogP contribution is -2.29. The first kappa shape index (κ1) is 13.1. The first-order valence-electron chi connectivity index (χ1n) is 5.92. The maximum atomic E-state index is 13.4. The molecule has 0 amide bonds. The molecule has 0 aliphatic carbocycles. The fraction of sp³-hybridized carbons (Fsp3) is 0.462. The fourth-order valence-electron chi connectivity index (χ4n) is 2.25. The fourth-order valence-corrected chi connectivity index (χ4v) is 2.25. The molecule has 1 aromatic rings. The third kappa shape index (κ3) is 2.73. The molecule has 1 unspecified atom stereocenters. The molecule has 1 aliphatic heterocycles. The number of ketones is 1. The van der Waals surface area contributed by atoms with Crippen molar-refractivity contribution in [3.63, 3.8) is 0 Å². The topological polar surface area (TPSA) is 40.5 Å². The largest absolute Gasteiger partial charge is 0.396 e. The van der Waals surface area contributed by atoms with Crippen molar-refractivity contribution in [1.29, 1.82) is 0 Å². The Morgan fingerprint density at radius 3 is 2.61 bits per heavy atom. The number of nitrogens with zero attached hydrogens (tertiary/aromatic N) is 1. The van der Waals surface area contributed by atoms with E-state index >= 15 is 0 Å². The molecular formula is C13H15F2NO2. The van der Waals surface area contributed by atoms with Crippen molar-refractivity contribution in [2.24, 2.45) is 5.92 Å². The Bertz CT molecular complexity index is 430. The van der Waals surface area contributed by atoms with Crippen LogP contribution in [0.15, 0.2) is 18.2 Å². The summed E-state index contributed by atoms with van der Waals surface area (Å²) in [5.41, 5.74) is -0.468. The van der Waals surface area contributed by atoms with Crippen LogP contribution >= 0.6 is 0 Å². The maximum absolute atomic E-state index is 13.4. The average molecular weight is 255 g/mol. The van der Waals surface area contributed by atoms with Gasteiger partial charge in [-0.15, -0.1) is 0 Å². The summed E-state index contributed by atoms with van der Waals surface area (Å²) in [5, 5.41) is 8.99. The van der Waals surface area contributed by atoms with Crippen molar-refractivity contribution >= 4 is 5.78 Å². The monoisotopic (exact) mass is 255 g/mol. The lowest BCUT2D eigenvalue weighted by Gasteiger charge is -2.14. The van der Waals surface area contributed by atoms with E-state index < -0.39 is 23.0 Å². The summed E-state index contributed by atoms with van der Waals surface area (Å²) < 4.78 is 26.8. The van der Waals surface area contributed by atoms with E-state index in [2.05, 4.69) is 0 Å². The Kier molecular flexibility index (Phi) is 4.04. The van der Waals surface area contributed by atoms with E-state index in [9.17, 15) is 13.6 Å². The normalized spacial score (nSPS) is 20.3. The van der Waals surface area contributed by atoms with Gasteiger partial charge < -0.3 is 5.11 Å². The number of hydrogen-bond donors (Lipinski definition) is 1. The zero-order chi connectivity index (χ0) is 13.1. The second-order valence-corrected chi connectivity index (χ2v) is 4.59. The zero-order valence-corrected chi connectivity index (χ0v) is 9.90. The van der Waals surface area contributed by atoms with Gasteiger partial charge in [0.1, 0.15) is 11.6 Å². The predicted molar refractivity (Wildman–Crippen MR) is 62.3 cm³/mol. The molecule has 1 heterocycles. The minimum absolute atomic E-state index is 0.00560. The van der Waals surface area contributed by atoms with Crippen LogP contribution in [0.25, 0.3) is 0 Å². The number of hydrogen-bond acceptors (Lipinski definition) is 3. The third-order valence-electron chi connectivity index (χ3n) is 3.24. The zero-order valence-electron chi connectivity index (χ0n) is 9.90. The summed E-state index contributed by atoms with van der Waals surface area (Å²) in [5.74, 6) is -2.04. The second-order valence-electron chi connectivity index (χ2n) is 4.59. The predicted octanol–water partition coefficient (Wildman–Crippen LogP) is 1.46. The quantitative estimate of drug-likeness (QED) is 0.828. The number of carbonyl (C=O) groups is 1. The molecule has 1 fully saturated rings. The molecule has 0 saturated carbocycles. The highest BCUT2D eigenvalue weighted by atomic mass is 19.1. The Morgan fingerprint density at radius 1 is 1.39 bits per heavy atom. The number of likely N-dealkylation sites (tertiary alicyclic amines) is 1. The van der Waals surface area contributed by atoms with Crippen LogP contribution in [0, 0.1) is 17.6 Å². The Balaban J connectivity index is 2.04. The van der Waals surface area contributed by atoms with Gasteiger partial charge in [0, 0.05) is 13.2 Å². The molecule has 0 bridgehead atoms. The SMILES string of the molecule is O=C(CN1CCC(CO)C1)c1c(F)cccc1F. The van der Waals surface area contributed by atoms with Gasteiger partial charge in [0.25, 0.3) is 0 Å². The summed E-state index contributed by atoms with van der Waals surface area (Å²) in [6.07, 6.45) is 0.809. The van der Waals surface area contributed by atoms with E-state index in [1.807, 2.05) is 4.90 Å². The van der Waals surface area contributed by atoms with E-state index in [1.54, 1.807) is 0 Å². The average Bonchev–Trinajstić information content (AvgIpc) is 2.76. The number of halogens is 2. The number of aliphatic hydroxyl groups is 1. The molecule has 0 aromatic heterocycles. The van der Waals surface area contributed by atoms with E-state index in [1.165, 1.54) is 6.07 Å². The lowest BCUT2D eigenvalue weighted by atomic mass is 10.1. The van der Waals surface area contributed by atoms with E-state index in [4.69, 9.17) is 5.11 Å². The van der Waals surface area contributed by atoms with Gasteiger partial charge in [-0.2, -0.15) is 0 Å². The molecule has 0 radical (unpaired) electrons. The molecule has 5 heteroatoms. The van der Waals surface area contributed by atoms with Crippen molar-refractivity contribution < 1.29 is 18.7 Å². The number of Topliss-reactive ketones (excluding diaryl/α,β-unsaturated/α-hetero) is 1. The van der Waals surface area contributed by atoms with Crippen molar-refractivity contribution in [3.8, 4) is 0 Å². The molecule has 1 atom stereocenters. The van der Waals surface area contributed by atoms with Crippen LogP contribution in [0.1, 0.15) is 16.8 Å². The third-order valence-corrected chi connectivity index (χ3v) is 3.24. The van der Waals surface area contributed by atoms with Crippen LogP contribution in [0.5, 0.6) is 0 Å². The smallest absolute Gasteiger partial charge is 0.182 e. The Hall–Kier alpha value is -1.33. The summed E-state index contributed by atoms with van der Waals surface area (Å²) in [6, 6.07) is 3.40. The summed E-state index contributed by atoms with van der Waals surface area (Å²) in [4.78, 5) is 13.7. The summed E-state index contributed by atoms with van der Waals surface area (Å²) in [6.45, 7) is 1.35. The van der Waals surface area contributed by atoms with Crippen molar-refractivity contribution in [2.45, 2.75) is 6.42 Å². The summed E-state index contributed by atoms with van der Waals surface area (Å²) in [7, 11) is 0. The van der Waals surface area contributed by atoms with Gasteiger partial charge in [-0.3, -0.25) is 9.69 Å². The first-order valence-corrected chi connectivity index (χ1v) is 5.92. The number of carbonyl (C=O) groups excluding carboxylic acids is 1. The maximum Gasteiger partial charge on any atom is 0.182 e. The van der Waals surface area contributed by atoms with Gasteiger partial charge in [0.2, 0.25) is 0 Å². The van der Waals surface area contributed by atoms with E-state index in [0.29, 0.717) is 13.1 Å². The molecule has 1 aliphatic rings. The second kappa shape index (κ2) is 5.54. The highest BCUT2D eigenvalue weighted by molar-refractivity contribution is 5.98. The van der Waals surface area contributed by atoms with Crippen LogP contribution in [0.4, 0.5) is 8.78 Å². The van der Waals surface area contributed by atoms with Crippen molar-refractivity contribution in [3.05, 3.63) is 35.4 Å². The highest BCUT2D eigenvalue weighted by Gasteiger charge is 2.25. The van der Waals surface area contributed by atoms with Gasteiger partial charge in [0.05, 0.1) is 12.1 Å². The minimum atomic E-state index is -0.821. The lowest BCUT2D eigenvalue weighted by molar-refractivity contribution is 0.0932. The molecule has 18 heavy (non-hydrogen) atoms. The van der Waals surface area contributed by atoms with Crippen LogP contribution in [-0.4, -0.2) is 42.0 Å². The molecule has 1 N–H and O–H groups in total. The van der Waals surface area contributed by atoms with Gasteiger partial charge in [-0.05, 0) is 31.0 Å². The molecule has 3 nitrogen and oxygen atoms in total. The molecule has 1 saturated heterocycles. The van der Waals surface area contributed by atoms with Crippen molar-refractivity contribution in [2.75, 3.05) is 26.2 Å². The van der Waals surface area contributed by atoms with Crippen LogP contribution in [0.2, 0.25) is 0 Å². The van der Waals surface area contributed by atoms with Gasteiger partial charge in [-0.1, -0.05) is 6.07 Å². The molecule has 1 aromatic carbocycles. The van der Waals surface area contributed by atoms with Gasteiger partial charge in [-0.25, -0.2) is 8.78 Å². The standard InChI is InChI=1S/C13H15F2NO2/c14-10-2-1-3-11(15)13(10)12(18)7-16-5-4-9(6-16)8-17/h1-3,9,17H,4-8H2. The minimum Gasteiger partial charge on any atom is -0.396 e. The van der Waals surface area contributed by atoms with Crippen LogP contribution < -0.4 is 0 Å². The number of benzene rings is 1.